The van der Waals surface area contributed by atoms with Crippen molar-refractivity contribution >= 4 is 39.5 Å². The number of unbranched alkanes of at least 4 members (excludes halogenated alkanes) is 45. The summed E-state index contributed by atoms with van der Waals surface area (Å²) in [5.74, 6) is -0.552. The van der Waals surface area contributed by atoms with Crippen LogP contribution in [0.3, 0.4) is 0 Å². The fourth-order valence-corrected chi connectivity index (χ4v) is 13.4. The first kappa shape index (κ1) is 94.1. The zero-order valence-corrected chi connectivity index (χ0v) is 64.5. The summed E-state index contributed by atoms with van der Waals surface area (Å²) in [7, 11) is -9.91. The predicted molar refractivity (Wildman–Crippen MR) is 391 cm³/mol. The van der Waals surface area contributed by atoms with Gasteiger partial charge in [0.05, 0.1) is 26.4 Å². The molecule has 0 aliphatic heterocycles. The van der Waals surface area contributed by atoms with Gasteiger partial charge in [0.15, 0.2) is 12.2 Å². The molecule has 0 saturated carbocycles. The molecule has 96 heavy (non-hydrogen) atoms. The molecule has 19 heteroatoms. The lowest BCUT2D eigenvalue weighted by atomic mass is 9.99. The van der Waals surface area contributed by atoms with Crippen LogP contribution in [0.15, 0.2) is 0 Å². The van der Waals surface area contributed by atoms with Crippen LogP contribution in [-0.2, 0) is 65.4 Å². The van der Waals surface area contributed by atoms with Gasteiger partial charge >= 0.3 is 39.5 Å². The molecule has 0 aliphatic carbocycles. The minimum absolute atomic E-state index is 0.105. The van der Waals surface area contributed by atoms with Gasteiger partial charge in [-0.25, -0.2) is 9.13 Å². The van der Waals surface area contributed by atoms with Crippen molar-refractivity contribution in [1.82, 2.24) is 0 Å². The zero-order valence-electron chi connectivity index (χ0n) is 62.7. The molecular formula is C77H150O17P2. The molecule has 0 aromatic heterocycles. The molecule has 3 unspecified atom stereocenters. The monoisotopic (exact) mass is 1410 g/mol. The normalized spacial score (nSPS) is 14.3. The Labute approximate surface area is 588 Å². The van der Waals surface area contributed by atoms with Gasteiger partial charge in [0, 0.05) is 25.7 Å². The lowest BCUT2D eigenvalue weighted by molar-refractivity contribution is -0.161. The summed E-state index contributed by atoms with van der Waals surface area (Å²) < 4.78 is 68.4. The minimum atomic E-state index is -4.96. The molecule has 0 radical (unpaired) electrons. The van der Waals surface area contributed by atoms with Crippen molar-refractivity contribution in [2.75, 3.05) is 39.6 Å². The number of rotatable bonds is 76. The number of hydrogen-bond acceptors (Lipinski definition) is 15. The number of ether oxygens (including phenoxy) is 4. The highest BCUT2D eigenvalue weighted by molar-refractivity contribution is 7.47. The Morgan fingerprint density at radius 2 is 0.531 bits per heavy atom. The van der Waals surface area contributed by atoms with E-state index in [0.29, 0.717) is 25.7 Å². The SMILES string of the molecule is CCCCCCCCCCCCCCCCCCCCCCC(=O)O[C@H](COC(=O)CCCCCCCCCCCCCCCCC(C)C)COP(=O)(O)OC[C@@H](O)COP(=O)(O)OC[C@@H](COC(=O)CCCCCCCCC)OC(=O)CCCCCCCCCCC(C)CC. The third-order valence-electron chi connectivity index (χ3n) is 18.3. The average molecular weight is 1410 g/mol. The molecule has 0 aliphatic rings. The third kappa shape index (κ3) is 69.2. The van der Waals surface area contributed by atoms with E-state index < -0.39 is 97.5 Å². The molecule has 0 aromatic carbocycles. The molecule has 0 amide bonds. The van der Waals surface area contributed by atoms with Gasteiger partial charge in [0.2, 0.25) is 0 Å². The second-order valence-electron chi connectivity index (χ2n) is 28.5. The number of esters is 4. The number of phosphoric acid groups is 2. The standard InChI is InChI=1S/C77H150O17P2/c1-7-10-12-14-16-17-18-19-20-21-22-23-24-25-30-33-36-43-49-55-61-76(81)93-73(66-88-75(80)60-54-48-42-35-32-29-27-26-28-31-34-40-45-51-57-69(4)5)68-92-96(85,86)90-64-71(78)63-89-95(83,84)91-67-72(65-87-74(79)59-53-47-39-15-13-11-8-2)94-77(82)62-56-50-44-38-37-41-46-52-58-70(6)9-3/h69-73,78H,7-68H2,1-6H3,(H,83,84)(H,85,86)/t70?,71-,72+,73+/m0/s1. The summed E-state index contributed by atoms with van der Waals surface area (Å²) >= 11 is 0. The van der Waals surface area contributed by atoms with E-state index >= 15 is 0 Å². The third-order valence-corrected chi connectivity index (χ3v) is 20.2. The van der Waals surface area contributed by atoms with E-state index in [1.54, 1.807) is 0 Å². The van der Waals surface area contributed by atoms with Crippen molar-refractivity contribution in [3.8, 4) is 0 Å². The lowest BCUT2D eigenvalue weighted by Crippen LogP contribution is -2.30. The van der Waals surface area contributed by atoms with Crippen LogP contribution in [0.2, 0.25) is 0 Å². The summed E-state index contributed by atoms with van der Waals surface area (Å²) in [6.07, 6.45) is 57.1. The van der Waals surface area contributed by atoms with Crippen molar-refractivity contribution in [1.29, 1.82) is 0 Å². The summed E-state index contributed by atoms with van der Waals surface area (Å²) in [4.78, 5) is 72.7. The van der Waals surface area contributed by atoms with Crippen LogP contribution in [0.25, 0.3) is 0 Å². The van der Waals surface area contributed by atoms with Crippen molar-refractivity contribution < 1.29 is 80.2 Å². The van der Waals surface area contributed by atoms with Crippen LogP contribution in [0, 0.1) is 11.8 Å². The molecular weight excluding hydrogens is 1260 g/mol. The Kier molecular flexibility index (Phi) is 67.4. The highest BCUT2D eigenvalue weighted by atomic mass is 31.2. The second kappa shape index (κ2) is 68.8. The molecule has 0 heterocycles. The molecule has 0 aromatic rings. The molecule has 570 valence electrons. The maximum atomic E-state index is 13.1. The highest BCUT2D eigenvalue weighted by Crippen LogP contribution is 2.45. The number of carbonyl (C=O) groups excluding carboxylic acids is 4. The van der Waals surface area contributed by atoms with E-state index in [-0.39, 0.29) is 25.7 Å². The van der Waals surface area contributed by atoms with Crippen LogP contribution >= 0.6 is 15.6 Å². The van der Waals surface area contributed by atoms with Crippen LogP contribution in [0.1, 0.15) is 401 Å². The molecule has 0 rings (SSSR count). The van der Waals surface area contributed by atoms with E-state index in [4.69, 9.17) is 37.0 Å². The van der Waals surface area contributed by atoms with E-state index in [2.05, 4.69) is 41.5 Å². The summed E-state index contributed by atoms with van der Waals surface area (Å²) in [6, 6.07) is 0. The maximum Gasteiger partial charge on any atom is 0.472 e. The number of phosphoric ester groups is 2. The van der Waals surface area contributed by atoms with Crippen LogP contribution in [-0.4, -0.2) is 96.7 Å². The Bertz CT molecular complexity index is 1860. The Morgan fingerprint density at radius 3 is 0.792 bits per heavy atom. The summed E-state index contributed by atoms with van der Waals surface area (Å²) in [6.45, 7) is 9.58. The first-order chi connectivity index (χ1) is 46.4. The van der Waals surface area contributed by atoms with Gasteiger partial charge in [-0.2, -0.15) is 0 Å². The smallest absolute Gasteiger partial charge is 0.462 e. The molecule has 3 N–H and O–H groups in total. The number of aliphatic hydroxyl groups excluding tert-OH is 1. The van der Waals surface area contributed by atoms with Crippen molar-refractivity contribution in [2.24, 2.45) is 11.8 Å². The van der Waals surface area contributed by atoms with Crippen molar-refractivity contribution in [3.63, 3.8) is 0 Å². The van der Waals surface area contributed by atoms with Gasteiger partial charge in [-0.15, -0.1) is 0 Å². The van der Waals surface area contributed by atoms with Gasteiger partial charge in [-0.05, 0) is 37.5 Å². The van der Waals surface area contributed by atoms with Crippen molar-refractivity contribution in [2.45, 2.75) is 419 Å². The Hall–Kier alpha value is -1.94. The fraction of sp³-hybridized carbons (Fsp3) is 0.948. The van der Waals surface area contributed by atoms with E-state index in [1.165, 1.54) is 205 Å². The number of hydrogen-bond donors (Lipinski definition) is 3. The highest BCUT2D eigenvalue weighted by Gasteiger charge is 2.30. The van der Waals surface area contributed by atoms with Crippen LogP contribution in [0.4, 0.5) is 0 Å². The summed E-state index contributed by atoms with van der Waals surface area (Å²) in [5, 5.41) is 10.6. The molecule has 17 nitrogen and oxygen atoms in total. The van der Waals surface area contributed by atoms with Crippen LogP contribution < -0.4 is 0 Å². The average Bonchev–Trinajstić information content (AvgIpc) is 1.46. The first-order valence-corrected chi connectivity index (χ1v) is 43.0. The Balaban J connectivity index is 5.18. The molecule has 0 saturated heterocycles. The predicted octanol–water partition coefficient (Wildman–Crippen LogP) is 22.7. The van der Waals surface area contributed by atoms with Crippen molar-refractivity contribution in [3.05, 3.63) is 0 Å². The molecule has 0 spiro atoms. The molecule has 6 atom stereocenters. The van der Waals surface area contributed by atoms with Gasteiger partial charge in [0.25, 0.3) is 0 Å². The molecule has 0 fully saturated rings. The zero-order chi connectivity index (χ0) is 70.7. The van der Waals surface area contributed by atoms with Gasteiger partial charge < -0.3 is 33.8 Å². The summed E-state index contributed by atoms with van der Waals surface area (Å²) in [5.41, 5.74) is 0. The maximum absolute atomic E-state index is 13.1. The first-order valence-electron chi connectivity index (χ1n) is 40.0. The van der Waals surface area contributed by atoms with E-state index in [0.717, 1.165) is 115 Å². The largest absolute Gasteiger partial charge is 0.472 e. The quantitative estimate of drug-likeness (QED) is 0.0222. The molecule has 0 bridgehead atoms. The topological polar surface area (TPSA) is 237 Å². The fourth-order valence-electron chi connectivity index (χ4n) is 11.8. The Morgan fingerprint density at radius 1 is 0.302 bits per heavy atom. The minimum Gasteiger partial charge on any atom is -0.462 e. The van der Waals surface area contributed by atoms with Crippen LogP contribution in [0.5, 0.6) is 0 Å². The number of carbonyl (C=O) groups is 4. The van der Waals surface area contributed by atoms with E-state index in [9.17, 15) is 43.2 Å². The second-order valence-corrected chi connectivity index (χ2v) is 31.4. The van der Waals surface area contributed by atoms with Gasteiger partial charge in [-0.3, -0.25) is 37.3 Å². The lowest BCUT2D eigenvalue weighted by Gasteiger charge is -2.21. The van der Waals surface area contributed by atoms with E-state index in [1.807, 2.05) is 0 Å². The number of aliphatic hydroxyl groups is 1. The van der Waals surface area contributed by atoms with Gasteiger partial charge in [0.1, 0.15) is 19.3 Å². The van der Waals surface area contributed by atoms with Gasteiger partial charge in [-0.1, -0.05) is 350 Å².